The Morgan fingerprint density at radius 2 is 1.20 bits per heavy atom. The molecule has 27 heteroatoms. The molecule has 1 N–H and O–H groups in total. The Kier molecular flexibility index (Phi) is 19.8. The Morgan fingerprint density at radius 3 is 1.70 bits per heavy atom. The Balaban J connectivity index is 2.31. The van der Waals surface area contributed by atoms with E-state index in [0.717, 1.165) is 18.2 Å². The van der Waals surface area contributed by atoms with Crippen molar-refractivity contribution in [1.29, 1.82) is 0 Å². The monoisotopic (exact) mass is 1050 g/mol. The lowest BCUT2D eigenvalue weighted by atomic mass is 9.88. The SMILES string of the molecule is CCOC(=O)/C=C/C=C/C[C@@H](C)[C@@H](OC(=O)Nc1ccc(F)cc1F)c1ccc(OCCO[Si](CCC(F)(F)C(F)(F)C(F)(F)C(F)(F)C(F)(F)C(F)(F)C(F)(F)C(F)(F)F)(C(C)C)C(C)C)cc1. The number of esters is 1. The van der Waals surface area contributed by atoms with Gasteiger partial charge in [-0.1, -0.05) is 65.0 Å². The van der Waals surface area contributed by atoms with Crippen molar-refractivity contribution in [2.24, 2.45) is 5.92 Å². The van der Waals surface area contributed by atoms with E-state index in [1.165, 1.54) is 64.1 Å². The molecule has 7 nitrogen and oxygen atoms in total. The number of anilines is 1. The first-order valence-electron chi connectivity index (χ1n) is 20.3. The molecule has 0 aliphatic carbocycles. The average molecular weight is 1050 g/mol. The van der Waals surface area contributed by atoms with Crippen molar-refractivity contribution >= 4 is 26.1 Å². The summed E-state index contributed by atoms with van der Waals surface area (Å²) in [5, 5.41) is 2.16. The van der Waals surface area contributed by atoms with Crippen LogP contribution in [0.2, 0.25) is 17.1 Å². The van der Waals surface area contributed by atoms with E-state index in [1.807, 2.05) is 0 Å². The maximum atomic E-state index is 15.0. The third-order valence-electron chi connectivity index (χ3n) is 10.7. The fourth-order valence-corrected chi connectivity index (χ4v) is 11.1. The van der Waals surface area contributed by atoms with Crippen molar-refractivity contribution in [3.63, 3.8) is 0 Å². The number of carbonyl (C=O) groups is 2. The third-order valence-corrected chi connectivity index (χ3v) is 16.4. The van der Waals surface area contributed by atoms with Gasteiger partial charge in [-0.3, -0.25) is 5.32 Å². The molecule has 0 fully saturated rings. The first kappa shape index (κ1) is 60.4. The molecule has 0 aliphatic heterocycles. The first-order chi connectivity index (χ1) is 31.3. The highest BCUT2D eigenvalue weighted by atomic mass is 28.4. The van der Waals surface area contributed by atoms with Gasteiger partial charge in [-0.05, 0) is 60.3 Å². The highest BCUT2D eigenvalue weighted by Gasteiger charge is 2.95. The number of rotatable bonds is 25. The van der Waals surface area contributed by atoms with E-state index in [9.17, 15) is 84.2 Å². The normalized spacial score (nSPS) is 15.0. The van der Waals surface area contributed by atoms with Crippen molar-refractivity contribution in [3.8, 4) is 5.75 Å². The molecule has 0 saturated heterocycles. The number of hydrogen-bond donors (Lipinski definition) is 1. The van der Waals surface area contributed by atoms with Crippen LogP contribution in [-0.4, -0.2) is 87.8 Å². The van der Waals surface area contributed by atoms with Gasteiger partial charge < -0.3 is 18.6 Å². The van der Waals surface area contributed by atoms with Gasteiger partial charge in [0, 0.05) is 24.5 Å². The molecule has 0 aliphatic rings. The lowest BCUT2D eigenvalue weighted by Crippen LogP contribution is -2.74. The maximum absolute atomic E-state index is 15.0. The summed E-state index contributed by atoms with van der Waals surface area (Å²) in [7, 11) is -4.05. The topological polar surface area (TPSA) is 83.1 Å². The van der Waals surface area contributed by atoms with Crippen LogP contribution >= 0.6 is 0 Å². The summed E-state index contributed by atoms with van der Waals surface area (Å²) in [6.07, 6.45) is -6.81. The van der Waals surface area contributed by atoms with Crippen LogP contribution in [0, 0.1) is 17.6 Å². The van der Waals surface area contributed by atoms with Crippen molar-refractivity contribution in [1.82, 2.24) is 0 Å². The third kappa shape index (κ3) is 13.0. The quantitative estimate of drug-likeness (QED) is 0.0266. The zero-order chi connectivity index (χ0) is 53.4. The van der Waals surface area contributed by atoms with E-state index in [1.54, 1.807) is 19.9 Å². The van der Waals surface area contributed by atoms with Crippen LogP contribution in [0.3, 0.4) is 0 Å². The summed E-state index contributed by atoms with van der Waals surface area (Å²) >= 11 is 0. The average Bonchev–Trinajstić information content (AvgIpc) is 3.22. The summed E-state index contributed by atoms with van der Waals surface area (Å²) in [4.78, 5) is 24.4. The van der Waals surface area contributed by atoms with Crippen molar-refractivity contribution in [2.45, 2.75) is 125 Å². The summed E-state index contributed by atoms with van der Waals surface area (Å²) < 4.78 is 286. The molecule has 0 saturated carbocycles. The predicted octanol–water partition coefficient (Wildman–Crippen LogP) is 14.5. The van der Waals surface area contributed by atoms with Gasteiger partial charge in [0.15, 0.2) is 8.32 Å². The van der Waals surface area contributed by atoms with Gasteiger partial charge in [-0.15, -0.1) is 0 Å². The van der Waals surface area contributed by atoms with Gasteiger partial charge in [-0.2, -0.15) is 74.6 Å². The zero-order valence-corrected chi connectivity index (χ0v) is 38.0. The van der Waals surface area contributed by atoms with Crippen molar-refractivity contribution < 1.29 is 112 Å². The molecule has 0 unspecified atom stereocenters. The van der Waals surface area contributed by atoms with Gasteiger partial charge in [0.05, 0.1) is 18.9 Å². The van der Waals surface area contributed by atoms with Gasteiger partial charge in [-0.25, -0.2) is 18.4 Å². The van der Waals surface area contributed by atoms with Gasteiger partial charge >= 0.3 is 59.7 Å². The largest absolute Gasteiger partial charge is 0.491 e. The Bertz CT molecular complexity index is 2070. The molecule has 69 heavy (non-hydrogen) atoms. The van der Waals surface area contributed by atoms with Crippen LogP contribution in [0.15, 0.2) is 66.8 Å². The van der Waals surface area contributed by atoms with Gasteiger partial charge in [0.25, 0.3) is 0 Å². The van der Waals surface area contributed by atoms with Crippen LogP contribution in [0.5, 0.6) is 5.75 Å². The number of halogens is 19. The fraction of sp³-hybridized carbons (Fsp3) is 0.571. The minimum atomic E-state index is -8.72. The van der Waals surface area contributed by atoms with E-state index in [4.69, 9.17) is 18.6 Å². The first-order valence-corrected chi connectivity index (χ1v) is 22.6. The molecule has 2 rings (SSSR count). The number of allylic oxidation sites excluding steroid dienone is 3. The second kappa shape index (κ2) is 22.6. The summed E-state index contributed by atoms with van der Waals surface area (Å²) in [6, 6.07) is 6.47. The number of alkyl halides is 17. The Labute approximate surface area is 383 Å². The van der Waals surface area contributed by atoms with Crippen LogP contribution in [0.1, 0.15) is 66.1 Å². The van der Waals surface area contributed by atoms with E-state index in [0.29, 0.717) is 11.6 Å². The molecule has 392 valence electrons. The summed E-state index contributed by atoms with van der Waals surface area (Å²) in [5.41, 5.74) is -1.94. The predicted molar refractivity (Wildman–Crippen MR) is 212 cm³/mol. The van der Waals surface area contributed by atoms with Crippen LogP contribution < -0.4 is 10.1 Å². The van der Waals surface area contributed by atoms with E-state index in [2.05, 4.69) is 5.32 Å². The zero-order valence-electron chi connectivity index (χ0n) is 37.0. The second-order valence-electron chi connectivity index (χ2n) is 16.0. The van der Waals surface area contributed by atoms with Crippen LogP contribution in [0.25, 0.3) is 0 Å². The van der Waals surface area contributed by atoms with E-state index in [-0.39, 0.29) is 18.8 Å². The number of ether oxygens (including phenoxy) is 3. The number of carbonyl (C=O) groups excluding carboxylic acids is 2. The van der Waals surface area contributed by atoms with Crippen molar-refractivity contribution in [3.05, 3.63) is 84.0 Å². The maximum Gasteiger partial charge on any atom is 0.460 e. The second-order valence-corrected chi connectivity index (χ2v) is 21.0. The number of amides is 1. The van der Waals surface area contributed by atoms with Gasteiger partial charge in [0.1, 0.15) is 30.1 Å². The fourth-order valence-electron chi connectivity index (χ4n) is 6.68. The van der Waals surface area contributed by atoms with E-state index < -0.39 is 134 Å². The van der Waals surface area contributed by atoms with E-state index >= 15 is 8.78 Å². The number of benzene rings is 2. The molecule has 0 spiro atoms. The summed E-state index contributed by atoms with van der Waals surface area (Å²) in [6.45, 7) is 7.52. The van der Waals surface area contributed by atoms with Crippen LogP contribution in [0.4, 0.5) is 93.9 Å². The molecule has 2 aromatic carbocycles. The van der Waals surface area contributed by atoms with Crippen molar-refractivity contribution in [2.75, 3.05) is 25.1 Å². The molecule has 2 atom stereocenters. The molecule has 0 heterocycles. The molecular formula is C42H46F19NO6Si. The molecule has 1 amide bonds. The standard InChI is InChI=1S/C42H46F19NO6Si/c1-7-65-32(63)12-10-8-9-11-26(6)33(68-34(64)62-31-18-15-28(43)23-30(31)44)27-13-16-29(17-14-27)66-20-21-67-69(24(2)3,25(4)5)22-19-35(45,46)36(47,48)37(49,50)38(51,52)39(53,54)40(55,56)41(57,58)42(59,60)61/h8-10,12-18,23-26,33H,7,11,19-22H2,1-6H3,(H,62,64)/b9-8+,12-10+/t26-,33-/m1/s1. The van der Waals surface area contributed by atoms with Gasteiger partial charge in [0.2, 0.25) is 0 Å². The number of hydrogen-bond acceptors (Lipinski definition) is 6. The molecular weight excluding hydrogens is 1000 g/mol. The minimum absolute atomic E-state index is 0.0571. The highest BCUT2D eigenvalue weighted by molar-refractivity contribution is 6.76. The molecule has 0 aromatic heterocycles. The van der Waals surface area contributed by atoms with Crippen LogP contribution in [-0.2, 0) is 18.7 Å². The lowest BCUT2D eigenvalue weighted by Gasteiger charge is -2.44. The molecule has 0 bridgehead atoms. The molecule has 0 radical (unpaired) electrons. The highest BCUT2D eigenvalue weighted by Crippen LogP contribution is 2.64. The lowest BCUT2D eigenvalue weighted by molar-refractivity contribution is -0.461. The smallest absolute Gasteiger partial charge is 0.460 e. The number of nitrogens with one attached hydrogen (secondary N) is 1. The minimum Gasteiger partial charge on any atom is -0.491 e. The Morgan fingerprint density at radius 1 is 0.681 bits per heavy atom. The summed E-state index contributed by atoms with van der Waals surface area (Å²) in [5.74, 6) is -60.1. The Hall–Kier alpha value is -4.69. The molecule has 2 aromatic rings.